The van der Waals surface area contributed by atoms with Crippen LogP contribution in [0.5, 0.6) is 0 Å². The number of alkyl halides is 1. The van der Waals surface area contributed by atoms with Crippen molar-refractivity contribution < 1.29 is 47.1 Å². The summed E-state index contributed by atoms with van der Waals surface area (Å²) in [6.45, 7) is 16.9. The zero-order valence-corrected chi connectivity index (χ0v) is 23.9. The van der Waals surface area contributed by atoms with Crippen LogP contribution in [-0.2, 0) is 47.1 Å². The molecule has 0 aliphatic carbocycles. The van der Waals surface area contributed by atoms with Crippen molar-refractivity contribution in [2.45, 2.75) is 19.6 Å². The summed E-state index contributed by atoms with van der Waals surface area (Å²) in [5.74, 6) is 0.502. The third-order valence-electron chi connectivity index (χ3n) is 3.96. The predicted octanol–water partition coefficient (Wildman–Crippen LogP) is 2.23. The molecule has 0 aromatic heterocycles. The lowest BCUT2D eigenvalue weighted by atomic mass is 10.6. The van der Waals surface area contributed by atoms with Crippen molar-refractivity contribution in [3.05, 3.63) is 0 Å². The molecule has 0 aromatic carbocycles. The number of ether oxygens (including phenoxy) is 9. The molecule has 0 radical (unpaired) electrons. The van der Waals surface area contributed by atoms with Gasteiger partial charge in [0.05, 0.1) is 126 Å². The number of hydrogen-bond acceptors (Lipinski definition) is 10. The molecule has 212 valence electrons. The van der Waals surface area contributed by atoms with Gasteiger partial charge in [0, 0.05) is 5.88 Å². The number of rotatable bonds is 30. The lowest BCUT2D eigenvalue weighted by molar-refractivity contribution is -0.0252. The van der Waals surface area contributed by atoms with Crippen molar-refractivity contribution in [3.8, 4) is 0 Å². The fourth-order valence-electron chi connectivity index (χ4n) is 2.32. The average Bonchev–Trinajstić information content (AvgIpc) is 2.82. The van der Waals surface area contributed by atoms with Gasteiger partial charge in [-0.05, 0) is 19.6 Å². The van der Waals surface area contributed by atoms with Crippen LogP contribution in [0.4, 0.5) is 0 Å². The smallest absolute Gasteiger partial charge is 0.183 e. The van der Waals surface area contributed by atoms with E-state index in [1.807, 2.05) is 0 Å². The minimum Gasteiger partial charge on any atom is -0.415 e. The summed E-state index contributed by atoms with van der Waals surface area (Å²) < 4.78 is 54.3. The van der Waals surface area contributed by atoms with E-state index in [9.17, 15) is 0 Å². The van der Waals surface area contributed by atoms with Gasteiger partial charge in [-0.15, -0.1) is 11.6 Å². The Morgan fingerprint density at radius 3 is 0.743 bits per heavy atom. The minimum atomic E-state index is -1.44. The molecule has 0 bridgehead atoms. The summed E-state index contributed by atoms with van der Waals surface area (Å²) in [6, 6.07) is 0. The maximum absolute atomic E-state index is 5.70. The highest BCUT2D eigenvalue weighted by molar-refractivity contribution is 6.69. The molecular weight excluding hydrogens is 500 g/mol. The zero-order valence-electron chi connectivity index (χ0n) is 22.1. The topological polar surface area (TPSA) is 92.3 Å². The summed E-state index contributed by atoms with van der Waals surface area (Å²) in [4.78, 5) is 0. The number of halogens is 1. The molecule has 0 heterocycles. The molecular formula is C23H49ClO10Si. The lowest BCUT2D eigenvalue weighted by Gasteiger charge is -2.16. The van der Waals surface area contributed by atoms with Gasteiger partial charge in [-0.1, -0.05) is 0 Å². The quantitative estimate of drug-likeness (QED) is 0.0755. The molecule has 0 unspecified atom stereocenters. The molecule has 0 saturated carbocycles. The fourth-order valence-corrected chi connectivity index (χ4v) is 3.13. The Morgan fingerprint density at radius 2 is 0.543 bits per heavy atom. The van der Waals surface area contributed by atoms with Gasteiger partial charge in [0.2, 0.25) is 0 Å². The van der Waals surface area contributed by atoms with Gasteiger partial charge in [-0.2, -0.15) is 0 Å². The first-order valence-electron chi connectivity index (χ1n) is 12.5. The third-order valence-corrected chi connectivity index (χ3v) is 5.18. The first kappa shape index (κ1) is 35.1. The molecule has 12 heteroatoms. The minimum absolute atomic E-state index is 0.502. The molecule has 0 aliphatic heterocycles. The second-order valence-corrected chi connectivity index (χ2v) is 13.1. The van der Waals surface area contributed by atoms with Crippen molar-refractivity contribution in [1.29, 1.82) is 0 Å². The van der Waals surface area contributed by atoms with Crippen molar-refractivity contribution in [1.82, 2.24) is 0 Å². The van der Waals surface area contributed by atoms with Crippen LogP contribution in [0.25, 0.3) is 0 Å². The maximum Gasteiger partial charge on any atom is 0.183 e. The van der Waals surface area contributed by atoms with Crippen LogP contribution in [0.3, 0.4) is 0 Å². The van der Waals surface area contributed by atoms with E-state index in [1.165, 1.54) is 0 Å². The summed E-state index contributed by atoms with van der Waals surface area (Å²) in [7, 11) is -1.44. The summed E-state index contributed by atoms with van der Waals surface area (Å²) in [5.41, 5.74) is 0. The average molecular weight is 549 g/mol. The zero-order chi connectivity index (χ0) is 25.7. The van der Waals surface area contributed by atoms with Crippen LogP contribution in [0.2, 0.25) is 19.6 Å². The van der Waals surface area contributed by atoms with Crippen molar-refractivity contribution >= 4 is 19.9 Å². The normalized spacial score (nSPS) is 12.0. The van der Waals surface area contributed by atoms with E-state index in [2.05, 4.69) is 19.6 Å². The molecule has 0 N–H and O–H groups in total. The Balaban J connectivity index is 3.03. The van der Waals surface area contributed by atoms with Crippen molar-refractivity contribution in [2.75, 3.05) is 131 Å². The molecule has 0 fully saturated rings. The van der Waals surface area contributed by atoms with E-state index < -0.39 is 8.32 Å². The van der Waals surface area contributed by atoms with Gasteiger partial charge in [0.1, 0.15) is 0 Å². The molecule has 0 saturated heterocycles. The second-order valence-electron chi connectivity index (χ2n) is 8.16. The Morgan fingerprint density at radius 1 is 0.343 bits per heavy atom. The van der Waals surface area contributed by atoms with Gasteiger partial charge >= 0.3 is 0 Å². The molecule has 0 rings (SSSR count). The van der Waals surface area contributed by atoms with Gasteiger partial charge < -0.3 is 47.1 Å². The van der Waals surface area contributed by atoms with Crippen molar-refractivity contribution in [2.24, 2.45) is 0 Å². The highest BCUT2D eigenvalue weighted by atomic mass is 35.5. The highest BCUT2D eigenvalue weighted by Crippen LogP contribution is 2.01. The standard InChI is InChI=1S/C23H49ClO10Si/c1-35(2,3)34-23-22-33-21-20-32-19-18-31-17-16-30-15-14-29-13-12-28-11-10-27-9-8-26-7-6-25-5-4-24/h4-23H2,1-3H3. The van der Waals surface area contributed by atoms with E-state index in [-0.39, 0.29) is 0 Å². The van der Waals surface area contributed by atoms with E-state index in [1.54, 1.807) is 0 Å². The Hall–Kier alpha value is 0.107. The van der Waals surface area contributed by atoms with Crippen LogP contribution >= 0.6 is 11.6 Å². The van der Waals surface area contributed by atoms with Crippen LogP contribution in [-0.4, -0.2) is 140 Å². The van der Waals surface area contributed by atoms with Crippen LogP contribution in [0, 0.1) is 0 Å². The summed E-state index contributed by atoms with van der Waals surface area (Å²) in [6.07, 6.45) is 0. The molecule has 10 nitrogen and oxygen atoms in total. The monoisotopic (exact) mass is 548 g/mol. The molecule has 0 aromatic rings. The van der Waals surface area contributed by atoms with Crippen LogP contribution in [0.1, 0.15) is 0 Å². The first-order chi connectivity index (χ1) is 17.1. The van der Waals surface area contributed by atoms with E-state index >= 15 is 0 Å². The highest BCUT2D eigenvalue weighted by Gasteiger charge is 2.12. The van der Waals surface area contributed by atoms with Gasteiger partial charge in [0.15, 0.2) is 8.32 Å². The van der Waals surface area contributed by atoms with Crippen molar-refractivity contribution in [3.63, 3.8) is 0 Å². The molecule has 0 aliphatic rings. The van der Waals surface area contributed by atoms with Crippen LogP contribution < -0.4 is 0 Å². The molecule has 0 atom stereocenters. The molecule has 0 spiro atoms. The number of hydrogen-bond donors (Lipinski definition) is 0. The first-order valence-corrected chi connectivity index (χ1v) is 16.4. The second kappa shape index (κ2) is 28.7. The van der Waals surface area contributed by atoms with Gasteiger partial charge in [-0.3, -0.25) is 0 Å². The predicted molar refractivity (Wildman–Crippen MR) is 137 cm³/mol. The van der Waals surface area contributed by atoms with Gasteiger partial charge in [0.25, 0.3) is 0 Å². The molecule has 0 amide bonds. The Bertz CT molecular complexity index is 405. The Labute approximate surface area is 218 Å². The molecule has 35 heavy (non-hydrogen) atoms. The van der Waals surface area contributed by atoms with Gasteiger partial charge in [-0.25, -0.2) is 0 Å². The van der Waals surface area contributed by atoms with Crippen LogP contribution in [0.15, 0.2) is 0 Å². The SMILES string of the molecule is C[Si](C)(C)OCCOCCOCCOCCOCCOCCOCCOCCOCCOCCCl. The summed E-state index contributed by atoms with van der Waals surface area (Å²) in [5, 5.41) is 0. The fraction of sp³-hybridized carbons (Fsp3) is 1.00. The largest absolute Gasteiger partial charge is 0.415 e. The Kier molecular flexibility index (Phi) is 28.8. The third kappa shape index (κ3) is 34.1. The van der Waals surface area contributed by atoms with E-state index in [0.29, 0.717) is 131 Å². The van der Waals surface area contributed by atoms with E-state index in [0.717, 1.165) is 0 Å². The maximum atomic E-state index is 5.70. The lowest BCUT2D eigenvalue weighted by Crippen LogP contribution is -2.27. The van der Waals surface area contributed by atoms with E-state index in [4.69, 9.17) is 58.7 Å². The summed E-state index contributed by atoms with van der Waals surface area (Å²) >= 11 is 5.50.